The lowest BCUT2D eigenvalue weighted by atomic mass is 9.89. The molecular weight excluding hydrogens is 316 g/mol. The number of methoxy groups -OCH3 is 1. The number of anilines is 1. The molecule has 3 nitrogen and oxygen atoms in total. The molecule has 1 N–H and O–H groups in total. The van der Waals surface area contributed by atoms with E-state index < -0.39 is 0 Å². The lowest BCUT2D eigenvalue weighted by molar-refractivity contribution is 0.160. The van der Waals surface area contributed by atoms with E-state index in [2.05, 4.69) is 10.2 Å². The number of ether oxygens (including phenoxy) is 1. The summed E-state index contributed by atoms with van der Waals surface area (Å²) in [5.74, 6) is 0.878. The van der Waals surface area contributed by atoms with Crippen molar-refractivity contribution in [2.45, 2.75) is 76.3 Å². The molecule has 0 spiro atoms. The second-order valence-electron chi connectivity index (χ2n) is 7.15. The van der Waals surface area contributed by atoms with Crippen molar-refractivity contribution >= 4 is 23.0 Å². The first-order valence-electron chi connectivity index (χ1n) is 9.51. The van der Waals surface area contributed by atoms with Crippen LogP contribution in [0.1, 0.15) is 64.2 Å². The van der Waals surface area contributed by atoms with Crippen molar-refractivity contribution in [1.82, 2.24) is 4.90 Å². The molecule has 0 heterocycles. The van der Waals surface area contributed by atoms with Gasteiger partial charge < -0.3 is 15.0 Å². The third kappa shape index (κ3) is 4.41. The van der Waals surface area contributed by atoms with Gasteiger partial charge in [0.1, 0.15) is 5.75 Å². The van der Waals surface area contributed by atoms with Crippen LogP contribution in [0, 0.1) is 0 Å². The molecule has 0 aromatic heterocycles. The third-order valence-corrected chi connectivity index (χ3v) is 5.82. The van der Waals surface area contributed by atoms with Gasteiger partial charge in [-0.15, -0.1) is 0 Å². The van der Waals surface area contributed by atoms with Crippen LogP contribution in [0.5, 0.6) is 5.75 Å². The van der Waals surface area contributed by atoms with Crippen LogP contribution in [0.4, 0.5) is 5.69 Å². The number of benzene rings is 1. The van der Waals surface area contributed by atoms with Crippen molar-refractivity contribution in [3.8, 4) is 5.75 Å². The molecule has 1 aromatic rings. The summed E-state index contributed by atoms with van der Waals surface area (Å²) in [5, 5.41) is 4.41. The zero-order valence-corrected chi connectivity index (χ0v) is 15.6. The van der Waals surface area contributed by atoms with E-state index in [1.54, 1.807) is 7.11 Å². The fraction of sp³-hybridized carbons (Fsp3) is 0.650. The van der Waals surface area contributed by atoms with E-state index in [4.69, 9.17) is 17.0 Å². The van der Waals surface area contributed by atoms with E-state index >= 15 is 0 Å². The first kappa shape index (κ1) is 17.5. The average molecular weight is 347 g/mol. The highest BCUT2D eigenvalue weighted by Crippen LogP contribution is 2.31. The number of nitrogens with zero attached hydrogens (tertiary/aromatic N) is 1. The Labute approximate surface area is 151 Å². The van der Waals surface area contributed by atoms with Crippen LogP contribution >= 0.6 is 12.2 Å². The molecular formula is C20H30N2OS. The Morgan fingerprint density at radius 2 is 1.42 bits per heavy atom. The van der Waals surface area contributed by atoms with Gasteiger partial charge in [0.15, 0.2) is 5.11 Å². The summed E-state index contributed by atoms with van der Waals surface area (Å²) in [6, 6.07) is 9.31. The second kappa shape index (κ2) is 8.70. The molecule has 1 aromatic carbocycles. The number of hydrogen-bond donors (Lipinski definition) is 1. The van der Waals surface area contributed by atoms with Crippen LogP contribution in [-0.4, -0.2) is 29.2 Å². The quantitative estimate of drug-likeness (QED) is 0.742. The van der Waals surface area contributed by atoms with E-state index in [1.807, 2.05) is 24.3 Å². The predicted molar refractivity (Wildman–Crippen MR) is 105 cm³/mol. The van der Waals surface area contributed by atoms with Crippen LogP contribution in [0.25, 0.3) is 0 Å². The Morgan fingerprint density at radius 3 is 1.88 bits per heavy atom. The van der Waals surface area contributed by atoms with Crippen molar-refractivity contribution in [3.05, 3.63) is 24.3 Å². The van der Waals surface area contributed by atoms with Gasteiger partial charge in [-0.1, -0.05) is 38.5 Å². The molecule has 2 fully saturated rings. The highest BCUT2D eigenvalue weighted by molar-refractivity contribution is 7.80. The molecule has 2 saturated carbocycles. The minimum Gasteiger partial charge on any atom is -0.497 e. The Morgan fingerprint density at radius 1 is 0.917 bits per heavy atom. The maximum Gasteiger partial charge on any atom is 0.173 e. The van der Waals surface area contributed by atoms with Crippen molar-refractivity contribution in [2.24, 2.45) is 0 Å². The minimum atomic E-state index is 0.625. The van der Waals surface area contributed by atoms with E-state index in [1.165, 1.54) is 64.2 Å². The molecule has 2 aliphatic rings. The van der Waals surface area contributed by atoms with Crippen LogP contribution < -0.4 is 10.1 Å². The summed E-state index contributed by atoms with van der Waals surface area (Å²) >= 11 is 5.86. The number of rotatable bonds is 4. The monoisotopic (exact) mass is 346 g/mol. The standard InChI is InChI=1S/C20H30N2OS/c1-23-19-14-12-16(13-15-19)21-20(24)22(17-8-4-2-5-9-17)18-10-6-3-7-11-18/h12-15,17-18H,2-11H2,1H3,(H,21,24). The molecule has 4 heteroatoms. The Balaban J connectivity index is 1.71. The molecule has 0 unspecified atom stereocenters. The van der Waals surface area contributed by atoms with Gasteiger partial charge in [-0.25, -0.2) is 0 Å². The second-order valence-corrected chi connectivity index (χ2v) is 7.54. The minimum absolute atomic E-state index is 0.625. The Kier molecular flexibility index (Phi) is 6.36. The number of nitrogens with one attached hydrogen (secondary N) is 1. The van der Waals surface area contributed by atoms with Crippen LogP contribution in [0.15, 0.2) is 24.3 Å². The van der Waals surface area contributed by atoms with Gasteiger partial charge in [0, 0.05) is 17.8 Å². The van der Waals surface area contributed by atoms with Crippen molar-refractivity contribution < 1.29 is 4.74 Å². The first-order valence-corrected chi connectivity index (χ1v) is 9.92. The molecule has 0 atom stereocenters. The molecule has 2 aliphatic carbocycles. The molecule has 0 aliphatic heterocycles. The van der Waals surface area contributed by atoms with Crippen LogP contribution in [0.2, 0.25) is 0 Å². The zero-order chi connectivity index (χ0) is 16.8. The maximum absolute atomic E-state index is 5.86. The van der Waals surface area contributed by atoms with Crippen molar-refractivity contribution in [2.75, 3.05) is 12.4 Å². The van der Waals surface area contributed by atoms with E-state index in [0.717, 1.165) is 16.5 Å². The highest BCUT2D eigenvalue weighted by atomic mass is 32.1. The summed E-state index contributed by atoms with van der Waals surface area (Å²) in [5.41, 5.74) is 1.05. The summed E-state index contributed by atoms with van der Waals surface area (Å²) in [7, 11) is 1.70. The topological polar surface area (TPSA) is 24.5 Å². The number of hydrogen-bond acceptors (Lipinski definition) is 2. The predicted octanol–water partition coefficient (Wildman–Crippen LogP) is 5.36. The summed E-state index contributed by atoms with van der Waals surface area (Å²) in [6.07, 6.45) is 13.3. The van der Waals surface area contributed by atoms with E-state index in [-0.39, 0.29) is 0 Å². The summed E-state index contributed by atoms with van der Waals surface area (Å²) in [4.78, 5) is 2.57. The maximum atomic E-state index is 5.86. The molecule has 0 radical (unpaired) electrons. The van der Waals surface area contributed by atoms with E-state index in [9.17, 15) is 0 Å². The van der Waals surface area contributed by atoms with E-state index in [0.29, 0.717) is 12.1 Å². The van der Waals surface area contributed by atoms with Gasteiger partial charge in [-0.2, -0.15) is 0 Å². The average Bonchev–Trinajstić information content (AvgIpc) is 2.64. The summed E-state index contributed by atoms with van der Waals surface area (Å²) in [6.45, 7) is 0. The molecule has 0 amide bonds. The van der Waals surface area contributed by atoms with Gasteiger partial charge in [0.25, 0.3) is 0 Å². The lowest BCUT2D eigenvalue weighted by Crippen LogP contribution is -2.50. The molecule has 0 bridgehead atoms. The van der Waals surface area contributed by atoms with Gasteiger partial charge in [0.05, 0.1) is 7.11 Å². The third-order valence-electron chi connectivity index (χ3n) is 5.51. The van der Waals surface area contributed by atoms with Gasteiger partial charge in [-0.3, -0.25) is 0 Å². The van der Waals surface area contributed by atoms with Crippen LogP contribution in [-0.2, 0) is 0 Å². The van der Waals surface area contributed by atoms with Crippen molar-refractivity contribution in [3.63, 3.8) is 0 Å². The first-order chi connectivity index (χ1) is 11.8. The van der Waals surface area contributed by atoms with Gasteiger partial charge in [-0.05, 0) is 62.2 Å². The van der Waals surface area contributed by atoms with Gasteiger partial charge >= 0.3 is 0 Å². The molecule has 3 rings (SSSR count). The molecule has 0 saturated heterocycles. The van der Waals surface area contributed by atoms with Crippen LogP contribution in [0.3, 0.4) is 0 Å². The fourth-order valence-electron chi connectivity index (χ4n) is 4.21. The normalized spacial score (nSPS) is 19.7. The SMILES string of the molecule is COc1ccc(NC(=S)N(C2CCCCC2)C2CCCCC2)cc1. The zero-order valence-electron chi connectivity index (χ0n) is 14.8. The molecule has 24 heavy (non-hydrogen) atoms. The lowest BCUT2D eigenvalue weighted by Gasteiger charge is -2.43. The Hall–Kier alpha value is -1.29. The summed E-state index contributed by atoms with van der Waals surface area (Å²) < 4.78 is 5.24. The smallest absolute Gasteiger partial charge is 0.173 e. The highest BCUT2D eigenvalue weighted by Gasteiger charge is 2.30. The van der Waals surface area contributed by atoms with Crippen molar-refractivity contribution in [1.29, 1.82) is 0 Å². The van der Waals surface area contributed by atoms with Gasteiger partial charge in [0.2, 0.25) is 0 Å². The Bertz CT molecular complexity index is 501. The largest absolute Gasteiger partial charge is 0.497 e. The fourth-order valence-corrected chi connectivity index (χ4v) is 4.63. The molecule has 132 valence electrons. The number of thiocarbonyl (C=S) groups is 1.